The van der Waals surface area contributed by atoms with Crippen molar-refractivity contribution in [2.45, 2.75) is 39.8 Å². The van der Waals surface area contributed by atoms with Crippen LogP contribution in [0, 0.1) is 13.8 Å². The third kappa shape index (κ3) is 4.76. The first-order valence-electron chi connectivity index (χ1n) is 12.1. The van der Waals surface area contributed by atoms with Crippen molar-refractivity contribution in [3.63, 3.8) is 0 Å². The summed E-state index contributed by atoms with van der Waals surface area (Å²) in [4.78, 5) is 31.2. The Morgan fingerprint density at radius 3 is 2.56 bits per heavy atom. The molecule has 5 rings (SSSR count). The van der Waals surface area contributed by atoms with E-state index in [1.54, 1.807) is 42.1 Å². The van der Waals surface area contributed by atoms with Crippen LogP contribution in [-0.2, 0) is 19.2 Å². The van der Waals surface area contributed by atoms with Gasteiger partial charge in [-0.25, -0.2) is 15.0 Å². The third-order valence-electron chi connectivity index (χ3n) is 6.58. The van der Waals surface area contributed by atoms with Gasteiger partial charge in [0.1, 0.15) is 11.3 Å². The molecule has 10 heteroatoms. The fraction of sp³-hybridized carbons (Fsp3) is 0.423. The molecule has 4 heterocycles. The number of nitrogens with zero attached hydrogens (tertiary/aromatic N) is 7. The minimum atomic E-state index is -1.17. The maximum Gasteiger partial charge on any atom is 0.254 e. The van der Waals surface area contributed by atoms with Gasteiger partial charge in [0.2, 0.25) is 0 Å². The maximum atomic E-state index is 13.6. The number of carbonyl (C=O) groups is 1. The molecule has 1 aliphatic heterocycles. The zero-order chi connectivity index (χ0) is 25.6. The van der Waals surface area contributed by atoms with E-state index < -0.39 is 5.60 Å². The van der Waals surface area contributed by atoms with Crippen molar-refractivity contribution in [3.8, 4) is 11.4 Å². The largest absolute Gasteiger partial charge is 0.382 e. The highest BCUT2D eigenvalue weighted by Gasteiger charge is 2.26. The summed E-state index contributed by atoms with van der Waals surface area (Å²) in [6.45, 7) is 11.1. The molecule has 0 aliphatic carbocycles. The van der Waals surface area contributed by atoms with E-state index in [1.807, 2.05) is 37.9 Å². The fourth-order valence-corrected chi connectivity index (χ4v) is 5.21. The summed E-state index contributed by atoms with van der Waals surface area (Å²) in [6.07, 6.45) is 1.63. The molecule has 188 valence electrons. The summed E-state index contributed by atoms with van der Waals surface area (Å²) < 4.78 is 1.80. The molecule has 0 radical (unpaired) electrons. The quantitative estimate of drug-likeness (QED) is 0.444. The van der Waals surface area contributed by atoms with Crippen LogP contribution in [0.15, 0.2) is 29.8 Å². The molecule has 1 N–H and O–H groups in total. The summed E-state index contributed by atoms with van der Waals surface area (Å²) in [6, 6.07) is 5.73. The number of hydrogen-bond donors (Lipinski definition) is 1. The first kappa shape index (κ1) is 24.5. The first-order valence-corrected chi connectivity index (χ1v) is 12.9. The van der Waals surface area contributed by atoms with Crippen LogP contribution in [0.5, 0.6) is 0 Å². The maximum absolute atomic E-state index is 13.6. The van der Waals surface area contributed by atoms with E-state index in [2.05, 4.69) is 25.2 Å². The van der Waals surface area contributed by atoms with E-state index >= 15 is 0 Å². The molecule has 0 spiro atoms. The monoisotopic (exact) mass is 505 g/mol. The minimum absolute atomic E-state index is 0.0354. The highest BCUT2D eigenvalue weighted by Crippen LogP contribution is 2.30. The molecule has 0 unspecified atom stereocenters. The molecule has 1 amide bonds. The van der Waals surface area contributed by atoms with E-state index in [9.17, 15) is 9.90 Å². The Bertz CT molecular complexity index is 1430. The van der Waals surface area contributed by atoms with E-state index in [0.29, 0.717) is 35.9 Å². The lowest BCUT2D eigenvalue weighted by Crippen LogP contribution is -2.48. The topological polar surface area (TPSA) is 100 Å². The highest BCUT2D eigenvalue weighted by molar-refractivity contribution is 7.09. The van der Waals surface area contributed by atoms with Gasteiger partial charge in [0.15, 0.2) is 5.82 Å². The Hall–Kier alpha value is -3.21. The van der Waals surface area contributed by atoms with Crippen LogP contribution in [0.4, 0.5) is 0 Å². The van der Waals surface area contributed by atoms with Gasteiger partial charge in [0.25, 0.3) is 5.91 Å². The van der Waals surface area contributed by atoms with Crippen LogP contribution >= 0.6 is 11.3 Å². The molecule has 36 heavy (non-hydrogen) atoms. The Morgan fingerprint density at radius 2 is 1.89 bits per heavy atom. The molecule has 3 aromatic heterocycles. The van der Waals surface area contributed by atoms with Gasteiger partial charge >= 0.3 is 0 Å². The zero-order valence-corrected chi connectivity index (χ0v) is 22.1. The summed E-state index contributed by atoms with van der Waals surface area (Å²) in [7, 11) is 1.88. The number of aliphatic hydroxyl groups is 1. The number of thiazole rings is 1. The predicted octanol–water partition coefficient (Wildman–Crippen LogP) is 3.29. The second-order valence-corrected chi connectivity index (χ2v) is 11.0. The lowest BCUT2D eigenvalue weighted by Gasteiger charge is -2.34. The Kier molecular flexibility index (Phi) is 6.36. The number of rotatable bonds is 5. The lowest BCUT2D eigenvalue weighted by molar-refractivity contribution is 0.0626. The molecular weight excluding hydrogens is 474 g/mol. The molecule has 0 bridgehead atoms. The summed E-state index contributed by atoms with van der Waals surface area (Å²) in [5.41, 5.74) is 3.72. The lowest BCUT2D eigenvalue weighted by atomic mass is 10.0. The van der Waals surface area contributed by atoms with Crippen molar-refractivity contribution in [1.82, 2.24) is 34.5 Å². The average Bonchev–Trinajstić information content (AvgIpc) is 3.40. The van der Waals surface area contributed by atoms with Crippen LogP contribution in [-0.4, -0.2) is 71.7 Å². The standard InChI is InChI=1S/C26H31N7O2S/c1-16-12-22-20(23(30-31(22)5)21-6-7-27-25(29-21)26(3,4)35)13-19(16)24(34)33-10-8-32(9-11-33)14-18-15-36-17(2)28-18/h6-7,12-13,15,35H,8-11,14H2,1-5H3. The summed E-state index contributed by atoms with van der Waals surface area (Å²) >= 11 is 1.67. The van der Waals surface area contributed by atoms with Crippen molar-refractivity contribution in [3.05, 3.63) is 57.4 Å². The number of fused-ring (bicyclic) bond motifs is 1. The SMILES string of the molecule is Cc1nc(CN2CCN(C(=O)c3cc4c(-c5ccnc(C(C)(C)O)n5)nn(C)c4cc3C)CC2)cs1. The van der Waals surface area contributed by atoms with Gasteiger partial charge in [-0.15, -0.1) is 11.3 Å². The minimum Gasteiger partial charge on any atom is -0.382 e. The van der Waals surface area contributed by atoms with Gasteiger partial charge in [0, 0.05) is 62.3 Å². The third-order valence-corrected chi connectivity index (χ3v) is 7.41. The van der Waals surface area contributed by atoms with Crippen molar-refractivity contribution < 1.29 is 9.90 Å². The molecule has 0 saturated carbocycles. The molecule has 1 fully saturated rings. The normalized spacial score (nSPS) is 15.1. The van der Waals surface area contributed by atoms with E-state index in [4.69, 9.17) is 5.10 Å². The van der Waals surface area contributed by atoms with E-state index in [0.717, 1.165) is 46.8 Å². The zero-order valence-electron chi connectivity index (χ0n) is 21.3. The van der Waals surface area contributed by atoms with Crippen molar-refractivity contribution in [2.75, 3.05) is 26.2 Å². The van der Waals surface area contributed by atoms with Gasteiger partial charge in [-0.3, -0.25) is 14.4 Å². The van der Waals surface area contributed by atoms with Gasteiger partial charge in [-0.1, -0.05) is 0 Å². The Morgan fingerprint density at radius 1 is 1.14 bits per heavy atom. The second kappa shape index (κ2) is 9.34. The number of aryl methyl sites for hydroxylation is 3. The Balaban J connectivity index is 1.40. The van der Waals surface area contributed by atoms with Crippen LogP contribution in [0.1, 0.15) is 46.3 Å². The average molecular weight is 506 g/mol. The number of amides is 1. The van der Waals surface area contributed by atoms with Gasteiger partial charge < -0.3 is 10.0 Å². The van der Waals surface area contributed by atoms with Gasteiger partial charge in [-0.2, -0.15) is 5.10 Å². The van der Waals surface area contributed by atoms with Gasteiger partial charge in [-0.05, 0) is 51.5 Å². The molecule has 1 saturated heterocycles. The smallest absolute Gasteiger partial charge is 0.254 e. The van der Waals surface area contributed by atoms with Crippen LogP contribution in [0.2, 0.25) is 0 Å². The summed E-state index contributed by atoms with van der Waals surface area (Å²) in [5.74, 6) is 0.362. The summed E-state index contributed by atoms with van der Waals surface area (Å²) in [5, 5.41) is 19.1. The number of aromatic nitrogens is 5. The fourth-order valence-electron chi connectivity index (χ4n) is 4.60. The van der Waals surface area contributed by atoms with E-state index in [-0.39, 0.29) is 5.91 Å². The van der Waals surface area contributed by atoms with Crippen molar-refractivity contribution in [1.29, 1.82) is 0 Å². The van der Waals surface area contributed by atoms with Crippen molar-refractivity contribution in [2.24, 2.45) is 7.05 Å². The first-order chi connectivity index (χ1) is 17.1. The molecule has 1 aliphatic rings. The Labute approximate surface area is 214 Å². The molecule has 9 nitrogen and oxygen atoms in total. The second-order valence-electron chi connectivity index (χ2n) is 9.91. The number of benzene rings is 1. The number of carbonyl (C=O) groups excluding carboxylic acids is 1. The number of hydrogen-bond acceptors (Lipinski definition) is 8. The van der Waals surface area contributed by atoms with E-state index in [1.165, 1.54) is 0 Å². The molecular formula is C26H31N7O2S. The van der Waals surface area contributed by atoms with Crippen LogP contribution < -0.4 is 0 Å². The predicted molar refractivity (Wildman–Crippen MR) is 140 cm³/mol. The number of piperazine rings is 1. The molecule has 0 atom stereocenters. The van der Waals surface area contributed by atoms with Gasteiger partial charge in [0.05, 0.1) is 21.9 Å². The highest BCUT2D eigenvalue weighted by atomic mass is 32.1. The van der Waals surface area contributed by atoms with Crippen LogP contribution in [0.25, 0.3) is 22.3 Å². The van der Waals surface area contributed by atoms with Crippen LogP contribution in [0.3, 0.4) is 0 Å². The molecule has 1 aromatic carbocycles. The molecule has 4 aromatic rings. The van der Waals surface area contributed by atoms with Crippen molar-refractivity contribution >= 4 is 28.1 Å².